The van der Waals surface area contributed by atoms with E-state index < -0.39 is 15.8 Å². The van der Waals surface area contributed by atoms with E-state index in [9.17, 15) is 22.8 Å². The highest BCUT2D eigenvalue weighted by Crippen LogP contribution is 2.36. The zero-order valence-electron chi connectivity index (χ0n) is 23.9. The third-order valence-electron chi connectivity index (χ3n) is 7.45. The van der Waals surface area contributed by atoms with Crippen LogP contribution >= 0.6 is 0 Å². The molecule has 10 nitrogen and oxygen atoms in total. The largest absolute Gasteiger partial charge is 1.00 e. The number of likely N-dealkylation sites (N-methyl/N-ethyl adjacent to an activating group) is 1. The highest BCUT2D eigenvalue weighted by molar-refractivity contribution is 7.90. The van der Waals surface area contributed by atoms with Crippen LogP contribution in [-0.2, 0) is 20.4 Å². The van der Waals surface area contributed by atoms with Gasteiger partial charge in [-0.25, -0.2) is 13.2 Å². The topological polar surface area (TPSA) is 150 Å². The Morgan fingerprint density at radius 2 is 1.71 bits per heavy atom. The summed E-state index contributed by atoms with van der Waals surface area (Å²) in [6, 6.07) is 10.1. The maximum Gasteiger partial charge on any atom is 0.335 e. The number of carbonyl (C=O) groups excluding carboxylic acids is 2. The molecule has 3 aromatic rings. The number of hydrogen-bond donors (Lipinski definition) is 5. The fourth-order valence-corrected chi connectivity index (χ4v) is 6.37. The number of nitrogens with one attached hydrogen (secondary N) is 4. The first-order valence-electron chi connectivity index (χ1n) is 13.5. The smallest absolute Gasteiger partial charge is 0.335 e. The zero-order valence-corrected chi connectivity index (χ0v) is 25.5. The van der Waals surface area contributed by atoms with Crippen molar-refractivity contribution in [2.75, 3.05) is 31.5 Å². The summed E-state index contributed by atoms with van der Waals surface area (Å²) in [5, 5.41) is 14.8. The van der Waals surface area contributed by atoms with E-state index >= 15 is 0 Å². The zero-order chi connectivity index (χ0) is 29.9. The maximum atomic E-state index is 13.2. The molecule has 0 unspecified atom stereocenters. The fraction of sp³-hybridized carbons (Fsp3) is 0.300. The molecule has 0 saturated heterocycles. The molecule has 1 aromatic heterocycles. The lowest BCUT2D eigenvalue weighted by molar-refractivity contribution is -0.895. The van der Waals surface area contributed by atoms with Gasteiger partial charge in [-0.15, -0.1) is 0 Å². The number of carboxylic acid groups (broad SMARTS) is 1. The Bertz CT molecular complexity index is 1640. The van der Waals surface area contributed by atoms with Crippen molar-refractivity contribution in [3.8, 4) is 0 Å². The SMILES string of the molecule is CC[NH+](CC)CCNC(=O)c1c(C)[nH]c(/C=C2\C(=O)Nc3ccc(S(=O)(=O)Cc4ccc(C(=O)O)cc4)cc32)c1C.[Cl-]. The van der Waals surface area contributed by atoms with E-state index in [0.717, 1.165) is 19.6 Å². The highest BCUT2D eigenvalue weighted by Gasteiger charge is 2.28. The molecule has 5 N–H and O–H groups in total. The Labute approximate surface area is 251 Å². The van der Waals surface area contributed by atoms with Gasteiger partial charge < -0.3 is 38.0 Å². The molecule has 0 aliphatic carbocycles. The molecule has 0 bridgehead atoms. The van der Waals surface area contributed by atoms with Crippen LogP contribution in [0.2, 0.25) is 0 Å². The van der Waals surface area contributed by atoms with E-state index in [1.54, 1.807) is 19.1 Å². The Balaban J connectivity index is 0.00000484. The van der Waals surface area contributed by atoms with Crippen molar-refractivity contribution < 1.29 is 45.2 Å². The second-order valence-electron chi connectivity index (χ2n) is 10.1. The van der Waals surface area contributed by atoms with Gasteiger partial charge in [-0.2, -0.15) is 0 Å². The Kier molecular flexibility index (Phi) is 10.4. The van der Waals surface area contributed by atoms with E-state index in [-0.39, 0.29) is 46.0 Å². The van der Waals surface area contributed by atoms with Crippen molar-refractivity contribution >= 4 is 45.0 Å². The molecule has 42 heavy (non-hydrogen) atoms. The number of halogens is 1. The molecule has 2 aromatic carbocycles. The van der Waals surface area contributed by atoms with E-state index in [2.05, 4.69) is 29.5 Å². The Hall–Kier alpha value is -3.93. The molecule has 0 radical (unpaired) electrons. The van der Waals surface area contributed by atoms with Crippen LogP contribution < -0.4 is 27.9 Å². The lowest BCUT2D eigenvalue weighted by Gasteiger charge is -2.15. The number of benzene rings is 2. The molecular weight excluding hydrogens is 580 g/mol. The Morgan fingerprint density at radius 1 is 1.05 bits per heavy atom. The van der Waals surface area contributed by atoms with Crippen molar-refractivity contribution in [1.82, 2.24) is 10.3 Å². The second-order valence-corrected chi connectivity index (χ2v) is 12.1. The van der Waals surface area contributed by atoms with Crippen molar-refractivity contribution in [2.24, 2.45) is 0 Å². The summed E-state index contributed by atoms with van der Waals surface area (Å²) in [5.41, 5.74) is 4.21. The molecule has 12 heteroatoms. The number of H-pyrrole nitrogens is 1. The second kappa shape index (κ2) is 13.4. The lowest BCUT2D eigenvalue weighted by atomic mass is 10.0. The molecule has 0 atom stereocenters. The number of aromatic nitrogens is 1. The first kappa shape index (κ1) is 32.6. The van der Waals surface area contributed by atoms with Gasteiger partial charge >= 0.3 is 5.97 Å². The maximum absolute atomic E-state index is 13.2. The summed E-state index contributed by atoms with van der Waals surface area (Å²) in [4.78, 5) is 41.6. The van der Waals surface area contributed by atoms with Gasteiger partial charge in [-0.3, -0.25) is 9.59 Å². The summed E-state index contributed by atoms with van der Waals surface area (Å²) in [6.07, 6.45) is 1.64. The first-order chi connectivity index (χ1) is 19.4. The number of aryl methyl sites for hydroxylation is 1. The number of carboxylic acids is 1. The first-order valence-corrected chi connectivity index (χ1v) is 15.1. The minimum Gasteiger partial charge on any atom is -1.00 e. The van der Waals surface area contributed by atoms with Crippen LogP contribution in [0.4, 0.5) is 5.69 Å². The van der Waals surface area contributed by atoms with Crippen LogP contribution in [0.5, 0.6) is 0 Å². The van der Waals surface area contributed by atoms with Crippen molar-refractivity contribution in [3.05, 3.63) is 81.7 Å². The molecule has 2 amide bonds. The van der Waals surface area contributed by atoms with Gasteiger partial charge in [0.2, 0.25) is 0 Å². The van der Waals surface area contributed by atoms with Crippen LogP contribution in [0, 0.1) is 13.8 Å². The van der Waals surface area contributed by atoms with Crippen LogP contribution in [0.3, 0.4) is 0 Å². The third kappa shape index (κ3) is 6.92. The normalized spacial score (nSPS) is 13.5. The van der Waals surface area contributed by atoms with Crippen molar-refractivity contribution in [2.45, 2.75) is 38.3 Å². The molecule has 224 valence electrons. The summed E-state index contributed by atoms with van der Waals surface area (Å²) >= 11 is 0. The highest BCUT2D eigenvalue weighted by atomic mass is 35.5. The quantitative estimate of drug-likeness (QED) is 0.183. The molecule has 1 aliphatic heterocycles. The standard InChI is InChI=1S/C30H34N4O6S.ClH/c1-5-34(6-2)14-13-31-29(36)27-18(3)26(32-19(27)4)16-24-23-15-22(11-12-25(23)33-28(24)35)41(39,40)17-20-7-9-21(10-8-20)30(37)38;/h7-12,15-16,32H,5-6,13-14,17H2,1-4H3,(H,31,36)(H,33,35)(H,37,38);1H/b24-16-;. The summed E-state index contributed by atoms with van der Waals surface area (Å²) < 4.78 is 26.4. The predicted octanol–water partition coefficient (Wildman–Crippen LogP) is -0.545. The number of carbonyl (C=O) groups is 3. The minimum absolute atomic E-state index is 0. The average molecular weight is 615 g/mol. The van der Waals surface area contributed by atoms with Gasteiger partial charge in [0.1, 0.15) is 0 Å². The van der Waals surface area contributed by atoms with Gasteiger partial charge in [0.05, 0.1) is 53.5 Å². The molecule has 0 saturated carbocycles. The minimum atomic E-state index is -3.80. The van der Waals surface area contributed by atoms with Gasteiger partial charge in [0.25, 0.3) is 11.8 Å². The number of sulfone groups is 1. The van der Waals surface area contributed by atoms with Gasteiger partial charge in [-0.1, -0.05) is 12.1 Å². The van der Waals surface area contributed by atoms with Crippen LogP contribution in [0.25, 0.3) is 11.6 Å². The number of aromatic carboxylic acids is 1. The van der Waals surface area contributed by atoms with E-state index in [1.165, 1.54) is 41.3 Å². The monoisotopic (exact) mass is 614 g/mol. The van der Waals surface area contributed by atoms with E-state index in [1.807, 2.05) is 6.92 Å². The number of hydrogen-bond acceptors (Lipinski definition) is 5. The van der Waals surface area contributed by atoms with Gasteiger partial charge in [-0.05, 0) is 75.2 Å². The average Bonchev–Trinajstić information content (AvgIpc) is 3.40. The van der Waals surface area contributed by atoms with E-state index in [0.29, 0.717) is 45.9 Å². The van der Waals surface area contributed by atoms with Crippen LogP contribution in [-0.4, -0.2) is 62.5 Å². The summed E-state index contributed by atoms with van der Waals surface area (Å²) in [7, 11) is -3.80. The lowest BCUT2D eigenvalue weighted by Crippen LogP contribution is -3.12. The number of rotatable bonds is 11. The van der Waals surface area contributed by atoms with Gasteiger partial charge in [0, 0.05) is 22.6 Å². The van der Waals surface area contributed by atoms with E-state index in [4.69, 9.17) is 5.11 Å². The molecule has 1 aliphatic rings. The fourth-order valence-electron chi connectivity index (χ4n) is 5.00. The third-order valence-corrected chi connectivity index (χ3v) is 9.13. The molecule has 2 heterocycles. The number of aromatic amines is 1. The molecular formula is C30H35ClN4O6S. The number of anilines is 1. The van der Waals surface area contributed by atoms with Gasteiger partial charge in [0.15, 0.2) is 9.84 Å². The van der Waals surface area contributed by atoms with Crippen molar-refractivity contribution in [3.63, 3.8) is 0 Å². The number of amides is 2. The predicted molar refractivity (Wildman–Crippen MR) is 157 cm³/mol. The molecule has 0 fully saturated rings. The molecule has 0 spiro atoms. The van der Waals surface area contributed by atoms with Crippen molar-refractivity contribution in [1.29, 1.82) is 0 Å². The number of quaternary nitrogens is 1. The summed E-state index contributed by atoms with van der Waals surface area (Å²) in [6.45, 7) is 11.2. The molecule has 4 rings (SSSR count). The van der Waals surface area contributed by atoms with Crippen LogP contribution in [0.1, 0.15) is 62.6 Å². The Morgan fingerprint density at radius 3 is 2.33 bits per heavy atom. The summed E-state index contributed by atoms with van der Waals surface area (Å²) in [5.74, 6) is -1.98. The van der Waals surface area contributed by atoms with Crippen LogP contribution in [0.15, 0.2) is 47.4 Å². The number of fused-ring (bicyclic) bond motifs is 1.